The molecule has 1 nitrogen and oxygen atoms in total. The van der Waals surface area contributed by atoms with Crippen LogP contribution in [0.3, 0.4) is 0 Å². The number of ether oxygens (including phenoxy) is 1. The molecule has 0 saturated carbocycles. The molecule has 0 rings (SSSR count). The Kier molecular flexibility index (Phi) is 13.5. The first-order valence-corrected chi connectivity index (χ1v) is 7.97. The Morgan fingerprint density at radius 3 is 2.25 bits per heavy atom. The van der Waals surface area contributed by atoms with Crippen LogP contribution in [0, 0.1) is 0 Å². The fraction of sp³-hybridized carbons (Fsp3) is 1.00. The third-order valence-electron chi connectivity index (χ3n) is 1.67. The van der Waals surface area contributed by atoms with Gasteiger partial charge in [0.05, 0.1) is 0 Å². The van der Waals surface area contributed by atoms with Crippen LogP contribution in [-0.2, 0) is 4.74 Å². The van der Waals surface area contributed by atoms with E-state index in [1.807, 2.05) is 0 Å². The first-order chi connectivity index (χ1) is 5.27. The van der Waals surface area contributed by atoms with E-state index in [2.05, 4.69) is 20.0 Å². The zero-order valence-corrected chi connectivity index (χ0v) is 9.79. The molecular formula is C9H23FOSi. The van der Waals surface area contributed by atoms with Gasteiger partial charge in [0.25, 0.3) is 0 Å². The van der Waals surface area contributed by atoms with E-state index in [4.69, 9.17) is 4.74 Å². The van der Waals surface area contributed by atoms with E-state index in [1.165, 1.54) is 18.9 Å². The minimum absolute atomic E-state index is 0. The zero-order valence-electron chi connectivity index (χ0n) is 8.64. The van der Waals surface area contributed by atoms with Crippen LogP contribution < -0.4 is 0 Å². The van der Waals surface area contributed by atoms with E-state index >= 15 is 0 Å². The molecular weight excluding hydrogens is 171 g/mol. The third kappa shape index (κ3) is 12.8. The lowest BCUT2D eigenvalue weighted by Gasteiger charge is -2.03. The minimum Gasteiger partial charge on any atom is -0.381 e. The van der Waals surface area contributed by atoms with Gasteiger partial charge in [-0.05, 0) is 12.8 Å². The Bertz CT molecular complexity index is 78.9. The quantitative estimate of drug-likeness (QED) is 0.447. The second-order valence-corrected chi connectivity index (χ2v) is 6.87. The van der Waals surface area contributed by atoms with Crippen molar-refractivity contribution in [3.8, 4) is 0 Å². The minimum atomic E-state index is -0.285. The van der Waals surface area contributed by atoms with Crippen molar-refractivity contribution in [1.29, 1.82) is 0 Å². The van der Waals surface area contributed by atoms with Crippen LogP contribution in [0.5, 0.6) is 0 Å². The topological polar surface area (TPSA) is 9.23 Å². The maximum atomic E-state index is 5.38. The molecule has 0 aliphatic carbocycles. The van der Waals surface area contributed by atoms with E-state index in [1.54, 1.807) is 0 Å². The molecule has 0 N–H and O–H groups in total. The number of hydrogen-bond donors (Lipinski definition) is 0. The Labute approximate surface area is 77.5 Å². The predicted molar refractivity (Wildman–Crippen MR) is 56.5 cm³/mol. The summed E-state index contributed by atoms with van der Waals surface area (Å²) in [7, 11) is -0.285. The van der Waals surface area contributed by atoms with Crippen LogP contribution in [0.25, 0.3) is 0 Å². The summed E-state index contributed by atoms with van der Waals surface area (Å²) in [6, 6.07) is 1.48. The molecule has 0 heterocycles. The van der Waals surface area contributed by atoms with Crippen LogP contribution >= 0.6 is 0 Å². The monoisotopic (exact) mass is 194 g/mol. The molecule has 0 bridgehead atoms. The van der Waals surface area contributed by atoms with Crippen LogP contribution in [0.1, 0.15) is 26.2 Å². The molecule has 0 aromatic rings. The number of unbranched alkanes of at least 4 members (excludes halogenated alkanes) is 1. The highest BCUT2D eigenvalue weighted by atomic mass is 28.3. The smallest absolute Gasteiger partial charge is 0.0465 e. The molecule has 0 aromatic carbocycles. The second-order valence-electron chi connectivity index (χ2n) is 3.50. The molecule has 0 spiro atoms. The molecule has 0 radical (unpaired) electrons. The fourth-order valence-electron chi connectivity index (χ4n) is 1.00. The summed E-state index contributed by atoms with van der Waals surface area (Å²) in [5.41, 5.74) is 0. The largest absolute Gasteiger partial charge is 0.381 e. The van der Waals surface area contributed by atoms with Crippen molar-refractivity contribution >= 4 is 8.80 Å². The summed E-state index contributed by atoms with van der Waals surface area (Å²) in [6.45, 7) is 8.90. The SMILES string of the molecule is CCCOCCCC[SiH](C)C.F. The van der Waals surface area contributed by atoms with Crippen molar-refractivity contribution in [2.45, 2.75) is 45.3 Å². The average molecular weight is 194 g/mol. The Hall–Kier alpha value is 0.107. The van der Waals surface area contributed by atoms with Crippen molar-refractivity contribution in [2.75, 3.05) is 13.2 Å². The van der Waals surface area contributed by atoms with E-state index < -0.39 is 0 Å². The van der Waals surface area contributed by atoms with Gasteiger partial charge in [-0.15, -0.1) is 0 Å². The first kappa shape index (κ1) is 14.6. The van der Waals surface area contributed by atoms with Gasteiger partial charge in [0, 0.05) is 22.0 Å². The fourth-order valence-corrected chi connectivity index (χ4v) is 2.11. The summed E-state index contributed by atoms with van der Waals surface area (Å²) in [4.78, 5) is 0. The average Bonchev–Trinajstić information content (AvgIpc) is 1.96. The van der Waals surface area contributed by atoms with Crippen molar-refractivity contribution < 1.29 is 9.44 Å². The van der Waals surface area contributed by atoms with E-state index in [-0.39, 0.29) is 13.5 Å². The summed E-state index contributed by atoms with van der Waals surface area (Å²) >= 11 is 0. The molecule has 76 valence electrons. The molecule has 12 heavy (non-hydrogen) atoms. The maximum absolute atomic E-state index is 5.38. The van der Waals surface area contributed by atoms with E-state index in [0.29, 0.717) is 0 Å². The van der Waals surface area contributed by atoms with Crippen LogP contribution in [0.15, 0.2) is 0 Å². The van der Waals surface area contributed by atoms with Crippen molar-refractivity contribution in [3.05, 3.63) is 0 Å². The highest BCUT2D eigenvalue weighted by molar-refractivity contribution is 6.55. The molecule has 0 aliphatic heterocycles. The summed E-state index contributed by atoms with van der Waals surface area (Å²) < 4.78 is 5.38. The molecule has 0 saturated heterocycles. The molecule has 0 atom stereocenters. The van der Waals surface area contributed by atoms with E-state index in [9.17, 15) is 0 Å². The van der Waals surface area contributed by atoms with Gasteiger partial charge in [-0.2, -0.15) is 0 Å². The predicted octanol–water partition coefficient (Wildman–Crippen LogP) is 2.83. The normalized spacial score (nSPS) is 10.0. The second kappa shape index (κ2) is 11.1. The van der Waals surface area contributed by atoms with Crippen molar-refractivity contribution in [2.24, 2.45) is 0 Å². The van der Waals surface area contributed by atoms with Gasteiger partial charge in [0.2, 0.25) is 0 Å². The van der Waals surface area contributed by atoms with Crippen LogP contribution in [0.2, 0.25) is 19.1 Å². The van der Waals surface area contributed by atoms with Gasteiger partial charge in [0.1, 0.15) is 0 Å². The summed E-state index contributed by atoms with van der Waals surface area (Å²) in [6.07, 6.45) is 3.80. The number of rotatable bonds is 7. The van der Waals surface area contributed by atoms with Gasteiger partial charge in [0.15, 0.2) is 0 Å². The summed E-state index contributed by atoms with van der Waals surface area (Å²) in [5.74, 6) is 0. The highest BCUT2D eigenvalue weighted by Gasteiger charge is 1.94. The molecule has 3 heteroatoms. The Morgan fingerprint density at radius 2 is 1.75 bits per heavy atom. The molecule has 0 fully saturated rings. The van der Waals surface area contributed by atoms with E-state index in [0.717, 1.165) is 19.6 Å². The van der Waals surface area contributed by atoms with Gasteiger partial charge in [-0.3, -0.25) is 4.70 Å². The maximum Gasteiger partial charge on any atom is 0.0465 e. The number of hydrogen-bond acceptors (Lipinski definition) is 1. The lowest BCUT2D eigenvalue weighted by atomic mass is 10.3. The number of halogens is 1. The molecule has 0 amide bonds. The van der Waals surface area contributed by atoms with Gasteiger partial charge >= 0.3 is 0 Å². The van der Waals surface area contributed by atoms with Gasteiger partial charge < -0.3 is 4.74 Å². The lowest BCUT2D eigenvalue weighted by molar-refractivity contribution is 0.132. The van der Waals surface area contributed by atoms with Crippen LogP contribution in [0.4, 0.5) is 4.70 Å². The van der Waals surface area contributed by atoms with Crippen molar-refractivity contribution in [3.63, 3.8) is 0 Å². The Morgan fingerprint density at radius 1 is 1.08 bits per heavy atom. The zero-order chi connectivity index (χ0) is 8.53. The molecule has 0 aliphatic rings. The Balaban J connectivity index is 0. The van der Waals surface area contributed by atoms with Gasteiger partial charge in [-0.25, -0.2) is 0 Å². The molecule has 0 unspecified atom stereocenters. The first-order valence-electron chi connectivity index (χ1n) is 4.85. The van der Waals surface area contributed by atoms with Crippen molar-refractivity contribution in [1.82, 2.24) is 0 Å². The third-order valence-corrected chi connectivity index (χ3v) is 3.23. The highest BCUT2D eigenvalue weighted by Crippen LogP contribution is 2.01. The molecule has 0 aromatic heterocycles. The lowest BCUT2D eigenvalue weighted by Crippen LogP contribution is -2.00. The van der Waals surface area contributed by atoms with Crippen LogP contribution in [-0.4, -0.2) is 22.0 Å². The standard InChI is InChI=1S/C9H22OSi.FH/c1-4-7-10-8-5-6-9-11(2)3;/h11H,4-9H2,1-3H3;1H. The van der Waals surface area contributed by atoms with Gasteiger partial charge in [-0.1, -0.05) is 32.5 Å². The summed E-state index contributed by atoms with van der Waals surface area (Å²) in [5, 5.41) is 0.